The van der Waals surface area contributed by atoms with Crippen LogP contribution in [0.25, 0.3) is 0 Å². The molecular formula is C15H28N2O4. The monoisotopic (exact) mass is 300 g/mol. The highest BCUT2D eigenvalue weighted by atomic mass is 16.6. The van der Waals surface area contributed by atoms with Crippen molar-refractivity contribution >= 4 is 17.8 Å². The van der Waals surface area contributed by atoms with Gasteiger partial charge < -0.3 is 15.0 Å². The lowest BCUT2D eigenvalue weighted by Gasteiger charge is -2.23. The van der Waals surface area contributed by atoms with Crippen molar-refractivity contribution in [2.75, 3.05) is 13.6 Å². The second-order valence-electron chi connectivity index (χ2n) is 7.13. The zero-order valence-electron chi connectivity index (χ0n) is 14.2. The van der Waals surface area contributed by atoms with E-state index in [1.165, 1.54) is 4.90 Å². The Kier molecular flexibility index (Phi) is 6.86. The van der Waals surface area contributed by atoms with Crippen LogP contribution in [-0.2, 0) is 19.1 Å². The summed E-state index contributed by atoms with van der Waals surface area (Å²) in [4.78, 5) is 36.4. The lowest BCUT2D eigenvalue weighted by molar-refractivity contribution is -0.156. The third-order valence-electron chi connectivity index (χ3n) is 2.28. The summed E-state index contributed by atoms with van der Waals surface area (Å²) >= 11 is 0. The normalized spacial score (nSPS) is 11.8. The predicted octanol–water partition coefficient (Wildman–Crippen LogP) is 1.48. The van der Waals surface area contributed by atoms with Crippen LogP contribution in [0.15, 0.2) is 0 Å². The summed E-state index contributed by atoms with van der Waals surface area (Å²) in [5.74, 6) is -0.899. The number of hydrogen-bond donors (Lipinski definition) is 1. The number of likely N-dealkylation sites (N-methyl/N-ethyl adjacent to an activating group) is 1. The molecule has 0 saturated carbocycles. The number of ether oxygens (including phenoxy) is 1. The largest absolute Gasteiger partial charge is 0.460 e. The van der Waals surface area contributed by atoms with Crippen LogP contribution in [0.3, 0.4) is 0 Å². The maximum Gasteiger partial charge on any atom is 0.306 e. The number of nitrogens with zero attached hydrogens (tertiary/aromatic N) is 1. The fourth-order valence-corrected chi connectivity index (χ4v) is 1.55. The van der Waals surface area contributed by atoms with E-state index in [4.69, 9.17) is 4.74 Å². The standard InChI is InChI=1S/C15H28N2O4/c1-14(2,3)16-11(18)10-17(7)12(19)8-9-13(20)21-15(4,5)6/h8-10H2,1-7H3,(H,16,18). The van der Waals surface area contributed by atoms with Crippen molar-refractivity contribution in [3.63, 3.8) is 0 Å². The zero-order valence-corrected chi connectivity index (χ0v) is 14.2. The van der Waals surface area contributed by atoms with E-state index in [0.29, 0.717) is 0 Å². The maximum absolute atomic E-state index is 11.9. The van der Waals surface area contributed by atoms with Gasteiger partial charge in [0.05, 0.1) is 13.0 Å². The van der Waals surface area contributed by atoms with Crippen LogP contribution >= 0.6 is 0 Å². The van der Waals surface area contributed by atoms with Crippen LogP contribution in [0.2, 0.25) is 0 Å². The Hall–Kier alpha value is -1.59. The van der Waals surface area contributed by atoms with E-state index in [-0.39, 0.29) is 36.7 Å². The van der Waals surface area contributed by atoms with Gasteiger partial charge in [0.1, 0.15) is 5.60 Å². The minimum atomic E-state index is -0.557. The summed E-state index contributed by atoms with van der Waals surface area (Å²) in [5.41, 5.74) is -0.893. The van der Waals surface area contributed by atoms with E-state index in [0.717, 1.165) is 0 Å². The molecule has 0 saturated heterocycles. The quantitative estimate of drug-likeness (QED) is 0.780. The average molecular weight is 300 g/mol. The first-order valence-corrected chi connectivity index (χ1v) is 7.07. The molecule has 0 heterocycles. The lowest BCUT2D eigenvalue weighted by Crippen LogP contribution is -2.46. The summed E-state index contributed by atoms with van der Waals surface area (Å²) in [5, 5.41) is 2.78. The molecule has 0 fully saturated rings. The Balaban J connectivity index is 4.17. The first-order valence-electron chi connectivity index (χ1n) is 7.07. The van der Waals surface area contributed by atoms with Gasteiger partial charge in [-0.25, -0.2) is 0 Å². The highest BCUT2D eigenvalue weighted by molar-refractivity contribution is 5.86. The third-order valence-corrected chi connectivity index (χ3v) is 2.28. The van der Waals surface area contributed by atoms with Crippen molar-refractivity contribution in [3.05, 3.63) is 0 Å². The van der Waals surface area contributed by atoms with Crippen LogP contribution < -0.4 is 5.32 Å². The molecule has 0 aromatic heterocycles. The van der Waals surface area contributed by atoms with Crippen LogP contribution in [0, 0.1) is 0 Å². The van der Waals surface area contributed by atoms with Gasteiger partial charge in [-0.2, -0.15) is 0 Å². The van der Waals surface area contributed by atoms with E-state index >= 15 is 0 Å². The SMILES string of the molecule is CN(CC(=O)NC(C)(C)C)C(=O)CCC(=O)OC(C)(C)C. The topological polar surface area (TPSA) is 75.7 Å². The number of amides is 2. The summed E-state index contributed by atoms with van der Waals surface area (Å²) in [7, 11) is 1.54. The number of hydrogen-bond acceptors (Lipinski definition) is 4. The number of esters is 1. The third kappa shape index (κ3) is 10.8. The second-order valence-corrected chi connectivity index (χ2v) is 7.13. The summed E-state index contributed by atoms with van der Waals surface area (Å²) in [6, 6.07) is 0. The molecule has 0 unspecified atom stereocenters. The first kappa shape index (κ1) is 19.4. The van der Waals surface area contributed by atoms with E-state index < -0.39 is 11.6 Å². The molecule has 122 valence electrons. The molecular weight excluding hydrogens is 272 g/mol. The average Bonchev–Trinajstić information content (AvgIpc) is 2.20. The van der Waals surface area contributed by atoms with Crippen molar-refractivity contribution in [3.8, 4) is 0 Å². The van der Waals surface area contributed by atoms with Gasteiger partial charge in [0.15, 0.2) is 0 Å². The van der Waals surface area contributed by atoms with Gasteiger partial charge in [-0.05, 0) is 41.5 Å². The molecule has 6 nitrogen and oxygen atoms in total. The molecule has 2 amide bonds. The number of nitrogens with one attached hydrogen (secondary N) is 1. The van der Waals surface area contributed by atoms with Crippen molar-refractivity contribution < 1.29 is 19.1 Å². The molecule has 21 heavy (non-hydrogen) atoms. The number of rotatable bonds is 5. The molecule has 0 aliphatic rings. The Morgan fingerprint density at radius 1 is 1.00 bits per heavy atom. The molecule has 0 aromatic rings. The van der Waals surface area contributed by atoms with Gasteiger partial charge in [0, 0.05) is 19.0 Å². The highest BCUT2D eigenvalue weighted by Crippen LogP contribution is 2.09. The Morgan fingerprint density at radius 3 is 1.95 bits per heavy atom. The molecule has 0 spiro atoms. The minimum absolute atomic E-state index is 0.0152. The molecule has 0 aromatic carbocycles. The lowest BCUT2D eigenvalue weighted by atomic mass is 10.1. The fourth-order valence-electron chi connectivity index (χ4n) is 1.55. The molecule has 0 bridgehead atoms. The second kappa shape index (κ2) is 7.43. The van der Waals surface area contributed by atoms with Gasteiger partial charge >= 0.3 is 5.97 Å². The number of carbonyl (C=O) groups excluding carboxylic acids is 3. The van der Waals surface area contributed by atoms with Crippen molar-refractivity contribution in [2.45, 2.75) is 65.5 Å². The molecule has 1 N–H and O–H groups in total. The van der Waals surface area contributed by atoms with Gasteiger partial charge in [-0.15, -0.1) is 0 Å². The van der Waals surface area contributed by atoms with E-state index in [1.54, 1.807) is 27.8 Å². The van der Waals surface area contributed by atoms with E-state index in [9.17, 15) is 14.4 Å². The maximum atomic E-state index is 11.9. The van der Waals surface area contributed by atoms with Crippen molar-refractivity contribution in [1.29, 1.82) is 0 Å². The van der Waals surface area contributed by atoms with E-state index in [1.807, 2.05) is 20.8 Å². The van der Waals surface area contributed by atoms with Gasteiger partial charge in [-0.3, -0.25) is 14.4 Å². The van der Waals surface area contributed by atoms with Gasteiger partial charge in [0.2, 0.25) is 11.8 Å². The summed E-state index contributed by atoms with van der Waals surface area (Å²) in [6.45, 7) is 10.9. The van der Waals surface area contributed by atoms with Gasteiger partial charge in [0.25, 0.3) is 0 Å². The van der Waals surface area contributed by atoms with E-state index in [2.05, 4.69) is 5.32 Å². The van der Waals surface area contributed by atoms with Crippen LogP contribution in [0.1, 0.15) is 54.4 Å². The minimum Gasteiger partial charge on any atom is -0.460 e. The molecule has 6 heteroatoms. The van der Waals surface area contributed by atoms with Crippen LogP contribution in [0.5, 0.6) is 0 Å². The zero-order chi connectivity index (χ0) is 16.8. The van der Waals surface area contributed by atoms with Crippen molar-refractivity contribution in [1.82, 2.24) is 10.2 Å². The predicted molar refractivity (Wildman–Crippen MR) is 80.6 cm³/mol. The van der Waals surface area contributed by atoms with Crippen LogP contribution in [0.4, 0.5) is 0 Å². The Labute approximate surface area is 127 Å². The molecule has 0 aliphatic heterocycles. The molecule has 0 rings (SSSR count). The molecule has 0 atom stereocenters. The molecule has 0 radical (unpaired) electrons. The number of carbonyl (C=O) groups is 3. The summed E-state index contributed by atoms with van der Waals surface area (Å²) < 4.78 is 5.13. The van der Waals surface area contributed by atoms with Gasteiger partial charge in [-0.1, -0.05) is 0 Å². The fraction of sp³-hybridized carbons (Fsp3) is 0.800. The smallest absolute Gasteiger partial charge is 0.306 e. The summed E-state index contributed by atoms with van der Waals surface area (Å²) in [6.07, 6.45) is 0.0511. The Morgan fingerprint density at radius 2 is 1.52 bits per heavy atom. The molecule has 0 aliphatic carbocycles. The first-order chi connectivity index (χ1) is 9.30. The Bertz CT molecular complexity index is 391. The van der Waals surface area contributed by atoms with Crippen molar-refractivity contribution in [2.24, 2.45) is 0 Å². The highest BCUT2D eigenvalue weighted by Gasteiger charge is 2.20. The van der Waals surface area contributed by atoms with Crippen LogP contribution in [-0.4, -0.2) is 47.4 Å².